The average molecular weight is 549 g/mol. The van der Waals surface area contributed by atoms with Gasteiger partial charge in [-0.05, 0) is 61.1 Å². The number of sulfonamides is 1. The van der Waals surface area contributed by atoms with Gasteiger partial charge >= 0.3 is 12.1 Å². The summed E-state index contributed by atoms with van der Waals surface area (Å²) < 4.78 is 59.3. The molecule has 7 nitrogen and oxygen atoms in total. The molecular weight excluding hydrogens is 521 g/mol. The van der Waals surface area contributed by atoms with E-state index < -0.39 is 27.6 Å². The van der Waals surface area contributed by atoms with Crippen molar-refractivity contribution in [2.75, 3.05) is 11.3 Å². The minimum Gasteiger partial charge on any atom is -0.475 e. The van der Waals surface area contributed by atoms with Crippen LogP contribution in [-0.2, 0) is 31.4 Å². The summed E-state index contributed by atoms with van der Waals surface area (Å²) in [4.78, 5) is 21.9. The molecule has 1 aliphatic rings. The summed E-state index contributed by atoms with van der Waals surface area (Å²) in [6.45, 7) is 0.643. The molecule has 3 aromatic rings. The zero-order valence-electron chi connectivity index (χ0n) is 20.2. The van der Waals surface area contributed by atoms with Crippen molar-refractivity contribution >= 4 is 27.6 Å². The molecule has 38 heavy (non-hydrogen) atoms. The molecule has 11 heteroatoms. The molecule has 0 radical (unpaired) electrons. The Morgan fingerprint density at radius 1 is 0.868 bits per heavy atom. The third kappa shape index (κ3) is 7.82. The Kier molecular flexibility index (Phi) is 9.16. The Bertz CT molecular complexity index is 1330. The molecular formula is C27H27F3N2O5S. The maximum absolute atomic E-state index is 12.8. The van der Waals surface area contributed by atoms with Crippen molar-refractivity contribution in [2.45, 2.75) is 42.2 Å². The Hall–Kier alpha value is -3.86. The number of carbonyl (C=O) groups is 2. The number of hydrogen-bond acceptors (Lipinski definition) is 4. The van der Waals surface area contributed by atoms with Crippen LogP contribution in [0.3, 0.4) is 0 Å². The van der Waals surface area contributed by atoms with Gasteiger partial charge in [0.15, 0.2) is 0 Å². The van der Waals surface area contributed by atoms with Crippen molar-refractivity contribution in [3.8, 4) is 0 Å². The van der Waals surface area contributed by atoms with Crippen LogP contribution in [0.25, 0.3) is 0 Å². The lowest BCUT2D eigenvalue weighted by molar-refractivity contribution is -0.192. The smallest absolute Gasteiger partial charge is 0.475 e. The van der Waals surface area contributed by atoms with E-state index in [-0.39, 0.29) is 10.8 Å². The van der Waals surface area contributed by atoms with Gasteiger partial charge in [-0.2, -0.15) is 13.2 Å². The van der Waals surface area contributed by atoms with E-state index in [1.54, 1.807) is 42.5 Å². The largest absolute Gasteiger partial charge is 0.490 e. The molecule has 0 aliphatic heterocycles. The quantitative estimate of drug-likeness (QED) is 0.329. The summed E-state index contributed by atoms with van der Waals surface area (Å²) in [7, 11) is -3.63. The van der Waals surface area contributed by atoms with Crippen LogP contribution in [0.15, 0.2) is 89.8 Å². The molecule has 0 aromatic heterocycles. The maximum atomic E-state index is 12.8. The predicted molar refractivity (Wildman–Crippen MR) is 136 cm³/mol. The number of rotatable bonds is 9. The van der Waals surface area contributed by atoms with Crippen molar-refractivity contribution in [1.82, 2.24) is 5.32 Å². The molecule has 1 saturated carbocycles. The first-order chi connectivity index (χ1) is 17.9. The second-order valence-electron chi connectivity index (χ2n) is 8.73. The molecule has 3 N–H and O–H groups in total. The molecule has 1 fully saturated rings. The van der Waals surface area contributed by atoms with Crippen LogP contribution in [0.4, 0.5) is 18.9 Å². The summed E-state index contributed by atoms with van der Waals surface area (Å²) >= 11 is 0. The highest BCUT2D eigenvalue weighted by atomic mass is 32.2. The first-order valence-corrected chi connectivity index (χ1v) is 13.2. The second kappa shape index (κ2) is 12.1. The number of benzene rings is 3. The van der Waals surface area contributed by atoms with E-state index in [4.69, 9.17) is 9.90 Å². The SMILES string of the molecule is O=C(NCCCc1ccccc1)C1(c2ccc(NS(=O)(=O)c3ccccc3)cc2)CC1.O=C(O)C(F)(F)F. The monoisotopic (exact) mass is 548 g/mol. The van der Waals surface area contributed by atoms with Gasteiger partial charge in [-0.15, -0.1) is 0 Å². The van der Waals surface area contributed by atoms with Gasteiger partial charge in [0.05, 0.1) is 10.3 Å². The molecule has 4 rings (SSSR count). The highest BCUT2D eigenvalue weighted by molar-refractivity contribution is 7.92. The van der Waals surface area contributed by atoms with Crippen LogP contribution in [0.5, 0.6) is 0 Å². The average Bonchev–Trinajstić information content (AvgIpc) is 3.70. The van der Waals surface area contributed by atoms with Gasteiger partial charge in [0.25, 0.3) is 10.0 Å². The normalized spacial score (nSPS) is 14.0. The summed E-state index contributed by atoms with van der Waals surface area (Å²) in [5.74, 6) is -2.70. The zero-order chi connectivity index (χ0) is 27.8. The van der Waals surface area contributed by atoms with Crippen LogP contribution < -0.4 is 10.0 Å². The van der Waals surface area contributed by atoms with Crippen molar-refractivity contribution in [3.05, 3.63) is 96.1 Å². The van der Waals surface area contributed by atoms with Crippen molar-refractivity contribution < 1.29 is 36.3 Å². The molecule has 0 saturated heterocycles. The van der Waals surface area contributed by atoms with Crippen molar-refractivity contribution in [1.29, 1.82) is 0 Å². The number of anilines is 1. The number of carboxylic acid groups (broad SMARTS) is 1. The standard InChI is InChI=1S/C25H26N2O3S.C2HF3O2/c28-24(26-19-7-10-20-8-3-1-4-9-20)25(17-18-25)21-13-15-22(16-14-21)27-31(29,30)23-11-5-2-6-12-23;3-2(4,5)1(6)7/h1-6,8-9,11-16,27H,7,10,17-19H2,(H,26,28);(H,6,7). The van der Waals surface area contributed by atoms with E-state index in [0.29, 0.717) is 12.2 Å². The van der Waals surface area contributed by atoms with Gasteiger partial charge in [-0.25, -0.2) is 13.2 Å². The lowest BCUT2D eigenvalue weighted by atomic mass is 9.94. The number of aryl methyl sites for hydroxylation is 1. The Morgan fingerprint density at radius 3 is 1.89 bits per heavy atom. The number of amides is 1. The molecule has 0 heterocycles. The first kappa shape index (κ1) is 28.7. The number of nitrogens with one attached hydrogen (secondary N) is 2. The Labute approximate surface area is 218 Å². The van der Waals surface area contributed by atoms with Gasteiger partial charge in [-0.1, -0.05) is 60.7 Å². The molecule has 0 bridgehead atoms. The van der Waals surface area contributed by atoms with E-state index in [0.717, 1.165) is 31.2 Å². The summed E-state index contributed by atoms with van der Waals surface area (Å²) in [5, 5.41) is 10.2. The molecule has 3 aromatic carbocycles. The van der Waals surface area contributed by atoms with E-state index >= 15 is 0 Å². The Balaban J connectivity index is 0.000000505. The lowest BCUT2D eigenvalue weighted by Crippen LogP contribution is -2.35. The predicted octanol–water partition coefficient (Wildman–Crippen LogP) is 4.90. The van der Waals surface area contributed by atoms with Crippen LogP contribution >= 0.6 is 0 Å². The topological polar surface area (TPSA) is 113 Å². The van der Waals surface area contributed by atoms with Crippen molar-refractivity contribution in [2.24, 2.45) is 0 Å². The number of carboxylic acids is 1. The van der Waals surface area contributed by atoms with Gasteiger partial charge in [0, 0.05) is 12.2 Å². The van der Waals surface area contributed by atoms with E-state index in [1.807, 2.05) is 30.3 Å². The number of carbonyl (C=O) groups excluding carboxylic acids is 1. The van der Waals surface area contributed by atoms with Gasteiger partial charge in [0.1, 0.15) is 0 Å². The minimum absolute atomic E-state index is 0.0539. The molecule has 202 valence electrons. The van der Waals surface area contributed by atoms with Crippen LogP contribution in [-0.4, -0.2) is 38.1 Å². The molecule has 1 aliphatic carbocycles. The Morgan fingerprint density at radius 2 is 1.39 bits per heavy atom. The van der Waals surface area contributed by atoms with Crippen LogP contribution in [0, 0.1) is 0 Å². The minimum atomic E-state index is -5.08. The number of halogens is 3. The molecule has 1 amide bonds. The van der Waals surface area contributed by atoms with E-state index in [2.05, 4.69) is 22.2 Å². The fraction of sp³-hybridized carbons (Fsp3) is 0.259. The van der Waals surface area contributed by atoms with E-state index in [9.17, 15) is 26.4 Å². The molecule has 0 atom stereocenters. The van der Waals surface area contributed by atoms with Gasteiger partial charge in [-0.3, -0.25) is 9.52 Å². The molecule has 0 spiro atoms. The fourth-order valence-electron chi connectivity index (χ4n) is 3.75. The van der Waals surface area contributed by atoms with Crippen LogP contribution in [0.1, 0.15) is 30.4 Å². The summed E-state index contributed by atoms with van der Waals surface area (Å²) in [6.07, 6.45) is -1.63. The van der Waals surface area contributed by atoms with Gasteiger partial charge in [0.2, 0.25) is 5.91 Å². The van der Waals surface area contributed by atoms with E-state index in [1.165, 1.54) is 5.56 Å². The lowest BCUT2D eigenvalue weighted by Gasteiger charge is -2.17. The number of aliphatic carboxylic acids is 1. The highest BCUT2D eigenvalue weighted by Crippen LogP contribution is 2.48. The first-order valence-electron chi connectivity index (χ1n) is 11.7. The third-order valence-electron chi connectivity index (χ3n) is 5.94. The second-order valence-corrected chi connectivity index (χ2v) is 10.4. The third-order valence-corrected chi connectivity index (χ3v) is 7.34. The maximum Gasteiger partial charge on any atom is 0.490 e. The zero-order valence-corrected chi connectivity index (χ0v) is 21.1. The summed E-state index contributed by atoms with van der Waals surface area (Å²) in [6, 6.07) is 25.6. The number of hydrogen-bond donors (Lipinski definition) is 3. The summed E-state index contributed by atoms with van der Waals surface area (Å²) in [5.41, 5.74) is 2.19. The highest BCUT2D eigenvalue weighted by Gasteiger charge is 2.51. The van der Waals surface area contributed by atoms with Crippen LogP contribution in [0.2, 0.25) is 0 Å². The van der Waals surface area contributed by atoms with Crippen molar-refractivity contribution in [3.63, 3.8) is 0 Å². The fourth-order valence-corrected chi connectivity index (χ4v) is 4.83. The van der Waals surface area contributed by atoms with Gasteiger partial charge < -0.3 is 10.4 Å². The number of alkyl halides is 3. The molecule has 0 unspecified atom stereocenters.